The molecule has 5 heteroatoms. The van der Waals surface area contributed by atoms with E-state index in [0.29, 0.717) is 5.92 Å². The van der Waals surface area contributed by atoms with E-state index in [2.05, 4.69) is 28.9 Å². The van der Waals surface area contributed by atoms with E-state index in [1.165, 1.54) is 42.1 Å². The minimum absolute atomic E-state index is 0.243. The van der Waals surface area contributed by atoms with Crippen molar-refractivity contribution in [1.29, 1.82) is 0 Å². The van der Waals surface area contributed by atoms with E-state index >= 15 is 0 Å². The number of hydrogen-bond acceptors (Lipinski definition) is 5. The van der Waals surface area contributed by atoms with Crippen LogP contribution in [0.25, 0.3) is 0 Å². The topological polar surface area (TPSA) is 63.8 Å². The van der Waals surface area contributed by atoms with Crippen molar-refractivity contribution in [2.45, 2.75) is 52.0 Å². The second kappa shape index (κ2) is 5.89. The molecule has 1 saturated carbocycles. The van der Waals surface area contributed by atoms with Crippen LogP contribution in [0.3, 0.4) is 0 Å². The Bertz CT molecular complexity index is 352. The van der Waals surface area contributed by atoms with Crippen molar-refractivity contribution in [3.8, 4) is 0 Å². The van der Waals surface area contributed by atoms with Gasteiger partial charge in [-0.25, -0.2) is 0 Å². The van der Waals surface area contributed by atoms with Crippen LogP contribution in [0.4, 0.5) is 0 Å². The van der Waals surface area contributed by atoms with Gasteiger partial charge >= 0.3 is 0 Å². The first-order valence-electron chi connectivity index (χ1n) is 6.53. The first-order valence-corrected chi connectivity index (χ1v) is 7.30. The SMILES string of the molecule is CCc1nnsc1C(NN)C1CCCC(C)C1. The molecule has 0 saturated heterocycles. The van der Waals surface area contributed by atoms with Crippen LogP contribution in [0.2, 0.25) is 0 Å². The third kappa shape index (κ3) is 2.84. The summed E-state index contributed by atoms with van der Waals surface area (Å²) < 4.78 is 4.07. The highest BCUT2D eigenvalue weighted by molar-refractivity contribution is 7.05. The van der Waals surface area contributed by atoms with E-state index < -0.39 is 0 Å². The fraction of sp³-hybridized carbons (Fsp3) is 0.833. The third-order valence-electron chi connectivity index (χ3n) is 3.83. The Hall–Kier alpha value is -0.520. The number of hydrazine groups is 1. The van der Waals surface area contributed by atoms with Crippen LogP contribution < -0.4 is 11.3 Å². The molecule has 1 aromatic heterocycles. The van der Waals surface area contributed by atoms with Gasteiger partial charge in [0, 0.05) is 0 Å². The van der Waals surface area contributed by atoms with Crippen molar-refractivity contribution < 1.29 is 0 Å². The molecular formula is C12H22N4S. The van der Waals surface area contributed by atoms with E-state index in [-0.39, 0.29) is 6.04 Å². The molecule has 4 nitrogen and oxygen atoms in total. The maximum Gasteiger partial charge on any atom is 0.0801 e. The van der Waals surface area contributed by atoms with Crippen LogP contribution in [0.5, 0.6) is 0 Å². The van der Waals surface area contributed by atoms with E-state index in [1.807, 2.05) is 0 Å². The van der Waals surface area contributed by atoms with Crippen molar-refractivity contribution in [2.75, 3.05) is 0 Å². The number of aromatic nitrogens is 2. The Morgan fingerprint density at radius 1 is 1.53 bits per heavy atom. The number of nitrogens with two attached hydrogens (primary N) is 1. The second-order valence-electron chi connectivity index (χ2n) is 5.11. The fourth-order valence-corrected chi connectivity index (χ4v) is 3.80. The maximum absolute atomic E-state index is 5.76. The Balaban J connectivity index is 2.15. The van der Waals surface area contributed by atoms with E-state index in [1.54, 1.807) is 0 Å². The lowest BCUT2D eigenvalue weighted by Gasteiger charge is -2.32. The molecular weight excluding hydrogens is 232 g/mol. The summed E-state index contributed by atoms with van der Waals surface area (Å²) in [5.74, 6) is 7.22. The first-order chi connectivity index (χ1) is 8.26. The molecule has 1 fully saturated rings. The van der Waals surface area contributed by atoms with E-state index in [0.717, 1.165) is 18.0 Å². The lowest BCUT2D eigenvalue weighted by molar-refractivity contribution is 0.226. The van der Waals surface area contributed by atoms with Crippen molar-refractivity contribution >= 4 is 11.5 Å². The zero-order chi connectivity index (χ0) is 12.3. The van der Waals surface area contributed by atoms with Gasteiger partial charge in [0.05, 0.1) is 16.6 Å². The molecule has 1 heterocycles. The van der Waals surface area contributed by atoms with Gasteiger partial charge in [0.1, 0.15) is 0 Å². The second-order valence-corrected chi connectivity index (χ2v) is 5.90. The fourth-order valence-electron chi connectivity index (χ4n) is 2.91. The summed E-state index contributed by atoms with van der Waals surface area (Å²) in [6, 6.07) is 0.243. The average Bonchev–Trinajstić information content (AvgIpc) is 2.78. The predicted molar refractivity (Wildman–Crippen MR) is 70.5 cm³/mol. The zero-order valence-electron chi connectivity index (χ0n) is 10.6. The Kier molecular flexibility index (Phi) is 4.48. The molecule has 3 unspecified atom stereocenters. The van der Waals surface area contributed by atoms with Crippen LogP contribution in [-0.2, 0) is 6.42 Å². The smallest absolute Gasteiger partial charge is 0.0801 e. The molecule has 0 aliphatic heterocycles. The summed E-state index contributed by atoms with van der Waals surface area (Å²) in [5.41, 5.74) is 4.11. The number of aryl methyl sites for hydroxylation is 1. The van der Waals surface area contributed by atoms with E-state index in [4.69, 9.17) is 5.84 Å². The minimum Gasteiger partial charge on any atom is -0.271 e. The van der Waals surface area contributed by atoms with Crippen molar-refractivity contribution in [3.05, 3.63) is 10.6 Å². The van der Waals surface area contributed by atoms with Gasteiger partial charge in [-0.05, 0) is 42.6 Å². The van der Waals surface area contributed by atoms with Gasteiger partial charge in [-0.3, -0.25) is 11.3 Å². The van der Waals surface area contributed by atoms with Gasteiger partial charge in [-0.15, -0.1) is 5.10 Å². The quantitative estimate of drug-likeness (QED) is 0.640. The largest absolute Gasteiger partial charge is 0.271 e. The zero-order valence-corrected chi connectivity index (χ0v) is 11.5. The summed E-state index contributed by atoms with van der Waals surface area (Å²) in [7, 11) is 0. The van der Waals surface area contributed by atoms with Crippen LogP contribution >= 0.6 is 11.5 Å². The first kappa shape index (κ1) is 12.9. The Morgan fingerprint density at radius 3 is 3.00 bits per heavy atom. The highest BCUT2D eigenvalue weighted by Gasteiger charge is 2.29. The van der Waals surface area contributed by atoms with Gasteiger partial charge in [0.15, 0.2) is 0 Å². The van der Waals surface area contributed by atoms with Crippen molar-refractivity contribution in [3.63, 3.8) is 0 Å². The summed E-state index contributed by atoms with van der Waals surface area (Å²) in [4.78, 5) is 1.24. The van der Waals surface area contributed by atoms with Gasteiger partial charge < -0.3 is 0 Å². The minimum atomic E-state index is 0.243. The summed E-state index contributed by atoms with van der Waals surface area (Å²) >= 11 is 1.50. The molecule has 1 aliphatic rings. The molecule has 0 aromatic carbocycles. The summed E-state index contributed by atoms with van der Waals surface area (Å²) in [6.45, 7) is 4.46. The monoisotopic (exact) mass is 254 g/mol. The Labute approximate surface area is 107 Å². The van der Waals surface area contributed by atoms with Crippen LogP contribution in [-0.4, -0.2) is 9.59 Å². The lowest BCUT2D eigenvalue weighted by Crippen LogP contribution is -2.35. The number of rotatable bonds is 4. The molecule has 0 radical (unpaired) electrons. The number of nitrogens with zero attached hydrogens (tertiary/aromatic N) is 2. The lowest BCUT2D eigenvalue weighted by atomic mass is 9.78. The van der Waals surface area contributed by atoms with Gasteiger partial charge in [0.2, 0.25) is 0 Å². The summed E-state index contributed by atoms with van der Waals surface area (Å²) in [6.07, 6.45) is 6.13. The maximum atomic E-state index is 5.76. The normalized spacial score (nSPS) is 27.0. The van der Waals surface area contributed by atoms with Crippen LogP contribution in [0, 0.1) is 11.8 Å². The third-order valence-corrected chi connectivity index (χ3v) is 4.68. The van der Waals surface area contributed by atoms with Crippen molar-refractivity contribution in [2.24, 2.45) is 17.7 Å². The van der Waals surface area contributed by atoms with Crippen LogP contribution in [0.15, 0.2) is 0 Å². The number of nitrogens with one attached hydrogen (secondary N) is 1. The molecule has 2 rings (SSSR count). The summed E-state index contributed by atoms with van der Waals surface area (Å²) in [5, 5.41) is 4.19. The molecule has 96 valence electrons. The molecule has 0 bridgehead atoms. The molecule has 3 N–H and O–H groups in total. The highest BCUT2D eigenvalue weighted by atomic mass is 32.1. The van der Waals surface area contributed by atoms with Gasteiger partial charge in [0.25, 0.3) is 0 Å². The molecule has 0 amide bonds. The van der Waals surface area contributed by atoms with Crippen molar-refractivity contribution in [1.82, 2.24) is 15.0 Å². The molecule has 0 spiro atoms. The molecule has 3 atom stereocenters. The number of hydrogen-bond donors (Lipinski definition) is 2. The molecule has 17 heavy (non-hydrogen) atoms. The molecule has 1 aromatic rings. The van der Waals surface area contributed by atoms with Gasteiger partial charge in [-0.1, -0.05) is 31.2 Å². The average molecular weight is 254 g/mol. The standard InChI is InChI=1S/C12H22N4S/c1-3-10-12(17-16-15-10)11(14-13)9-6-4-5-8(2)7-9/h8-9,11,14H,3-7,13H2,1-2H3. The predicted octanol–water partition coefficient (Wildman–Crippen LogP) is 2.43. The van der Waals surface area contributed by atoms with Gasteiger partial charge in [-0.2, -0.15) is 0 Å². The van der Waals surface area contributed by atoms with E-state index in [9.17, 15) is 0 Å². The highest BCUT2D eigenvalue weighted by Crippen LogP contribution is 2.38. The molecule has 1 aliphatic carbocycles. The van der Waals surface area contributed by atoms with Crippen LogP contribution in [0.1, 0.15) is 56.1 Å². The Morgan fingerprint density at radius 2 is 2.35 bits per heavy atom.